The normalized spacial score (nSPS) is 20.7. The van der Waals surface area contributed by atoms with Gasteiger partial charge in [-0.3, -0.25) is 4.98 Å². The smallest absolute Gasteiger partial charge is 0.141 e. The number of allylic oxidation sites excluding steroid dienone is 2. The molecule has 1 aliphatic heterocycles. The van der Waals surface area contributed by atoms with Crippen LogP contribution in [0.25, 0.3) is 21.9 Å². The van der Waals surface area contributed by atoms with Gasteiger partial charge in [-0.05, 0) is 37.0 Å². The van der Waals surface area contributed by atoms with Gasteiger partial charge in [-0.2, -0.15) is 0 Å². The zero-order valence-corrected chi connectivity index (χ0v) is 15.5. The summed E-state index contributed by atoms with van der Waals surface area (Å²) in [4.78, 5) is 6.57. The SMILES string of the molecule is Cc1ccc2c(oc3ccncc32)c1C1(C)C=CC(C(C)C)=CN1C. The third-order valence-electron chi connectivity index (χ3n) is 5.50. The standard InChI is InChI=1S/C22H24N2O/c1-14(2)16-8-10-22(4,24(5)13-16)20-15(3)6-7-17-18-12-23-11-9-19(18)25-21(17)20/h6-14H,1-5H3. The Morgan fingerprint density at radius 2 is 1.96 bits per heavy atom. The molecule has 3 heterocycles. The van der Waals surface area contributed by atoms with Crippen LogP contribution < -0.4 is 0 Å². The highest BCUT2D eigenvalue weighted by atomic mass is 16.3. The number of aryl methyl sites for hydroxylation is 1. The monoisotopic (exact) mass is 332 g/mol. The average molecular weight is 332 g/mol. The van der Waals surface area contributed by atoms with E-state index in [0.29, 0.717) is 5.92 Å². The lowest BCUT2D eigenvalue weighted by Crippen LogP contribution is -2.39. The van der Waals surface area contributed by atoms with Crippen molar-refractivity contribution in [2.24, 2.45) is 5.92 Å². The second-order valence-electron chi connectivity index (χ2n) is 7.48. The molecule has 4 rings (SSSR count). The van der Waals surface area contributed by atoms with Gasteiger partial charge < -0.3 is 9.32 Å². The van der Waals surface area contributed by atoms with Crippen LogP contribution in [-0.4, -0.2) is 16.9 Å². The first-order valence-corrected chi connectivity index (χ1v) is 8.82. The van der Waals surface area contributed by atoms with Gasteiger partial charge in [-0.25, -0.2) is 0 Å². The number of nitrogens with zero attached hydrogens (tertiary/aromatic N) is 2. The molecule has 0 spiro atoms. The molecule has 0 saturated carbocycles. The van der Waals surface area contributed by atoms with E-state index in [4.69, 9.17) is 4.42 Å². The van der Waals surface area contributed by atoms with Gasteiger partial charge in [-0.15, -0.1) is 0 Å². The van der Waals surface area contributed by atoms with E-state index < -0.39 is 0 Å². The van der Waals surface area contributed by atoms with Crippen molar-refractivity contribution < 1.29 is 4.42 Å². The minimum absolute atomic E-state index is 0.247. The van der Waals surface area contributed by atoms with E-state index in [-0.39, 0.29) is 5.54 Å². The summed E-state index contributed by atoms with van der Waals surface area (Å²) in [6.07, 6.45) is 10.5. The molecule has 3 aromatic rings. The molecule has 1 atom stereocenters. The molecule has 0 fully saturated rings. The lowest BCUT2D eigenvalue weighted by molar-refractivity contribution is 0.256. The Morgan fingerprint density at radius 3 is 2.68 bits per heavy atom. The second kappa shape index (κ2) is 5.48. The Morgan fingerprint density at radius 1 is 1.16 bits per heavy atom. The van der Waals surface area contributed by atoms with Crippen molar-refractivity contribution in [1.82, 2.24) is 9.88 Å². The molecule has 2 aromatic heterocycles. The summed E-state index contributed by atoms with van der Waals surface area (Å²) in [6.45, 7) is 8.87. The Kier molecular flexibility index (Phi) is 3.50. The topological polar surface area (TPSA) is 29.3 Å². The summed E-state index contributed by atoms with van der Waals surface area (Å²) in [7, 11) is 2.15. The Bertz CT molecular complexity index is 1030. The number of likely N-dealkylation sites (N-methyl/N-ethyl adjacent to an activating group) is 1. The summed E-state index contributed by atoms with van der Waals surface area (Å²) in [6, 6.07) is 6.27. The van der Waals surface area contributed by atoms with Crippen LogP contribution in [0.1, 0.15) is 31.9 Å². The van der Waals surface area contributed by atoms with E-state index in [1.165, 1.54) is 16.7 Å². The lowest BCUT2D eigenvalue weighted by Gasteiger charge is -2.40. The summed E-state index contributed by atoms with van der Waals surface area (Å²) in [5, 5.41) is 2.20. The van der Waals surface area contributed by atoms with E-state index in [2.05, 4.69) is 75.1 Å². The van der Waals surface area contributed by atoms with E-state index in [1.54, 1.807) is 6.20 Å². The molecule has 1 aromatic carbocycles. The summed E-state index contributed by atoms with van der Waals surface area (Å²) in [5.74, 6) is 0.511. The Balaban J connectivity index is 1.98. The second-order valence-corrected chi connectivity index (χ2v) is 7.48. The van der Waals surface area contributed by atoms with Crippen molar-refractivity contribution in [2.45, 2.75) is 33.2 Å². The highest BCUT2D eigenvalue weighted by Crippen LogP contribution is 2.42. The first-order chi connectivity index (χ1) is 11.9. The van der Waals surface area contributed by atoms with Crippen LogP contribution in [0.3, 0.4) is 0 Å². The summed E-state index contributed by atoms with van der Waals surface area (Å²) < 4.78 is 6.28. The maximum Gasteiger partial charge on any atom is 0.141 e. The molecular formula is C22H24N2O. The number of fused-ring (bicyclic) bond motifs is 3. The van der Waals surface area contributed by atoms with Crippen LogP contribution >= 0.6 is 0 Å². The van der Waals surface area contributed by atoms with Crippen molar-refractivity contribution in [2.75, 3.05) is 7.05 Å². The van der Waals surface area contributed by atoms with Gasteiger partial charge in [0, 0.05) is 42.0 Å². The number of aromatic nitrogens is 1. The number of benzene rings is 1. The minimum atomic E-state index is -0.247. The minimum Gasteiger partial charge on any atom is -0.456 e. The molecule has 1 unspecified atom stereocenters. The van der Waals surface area contributed by atoms with Gasteiger partial charge in [0.2, 0.25) is 0 Å². The van der Waals surface area contributed by atoms with Crippen LogP contribution in [0, 0.1) is 12.8 Å². The summed E-state index contributed by atoms with van der Waals surface area (Å²) >= 11 is 0. The molecule has 0 radical (unpaired) electrons. The molecule has 0 aliphatic carbocycles. The third kappa shape index (κ3) is 2.30. The number of rotatable bonds is 2. The molecule has 1 aliphatic rings. The molecule has 0 bridgehead atoms. The van der Waals surface area contributed by atoms with E-state index in [0.717, 1.165) is 21.9 Å². The van der Waals surface area contributed by atoms with Gasteiger partial charge in [0.1, 0.15) is 11.2 Å². The fourth-order valence-corrected chi connectivity index (χ4v) is 3.79. The third-order valence-corrected chi connectivity index (χ3v) is 5.50. The highest BCUT2D eigenvalue weighted by Gasteiger charge is 2.34. The number of pyridine rings is 1. The Labute approximate surface area is 148 Å². The van der Waals surface area contributed by atoms with Crippen LogP contribution in [0.4, 0.5) is 0 Å². The maximum absolute atomic E-state index is 6.28. The van der Waals surface area contributed by atoms with E-state index in [9.17, 15) is 0 Å². The maximum atomic E-state index is 6.28. The largest absolute Gasteiger partial charge is 0.456 e. The van der Waals surface area contributed by atoms with Crippen LogP contribution in [0.5, 0.6) is 0 Å². The fourth-order valence-electron chi connectivity index (χ4n) is 3.79. The van der Waals surface area contributed by atoms with Crippen molar-refractivity contribution in [3.05, 3.63) is 65.6 Å². The predicted octanol–water partition coefficient (Wildman–Crippen LogP) is 5.55. The van der Waals surface area contributed by atoms with Crippen molar-refractivity contribution in [1.29, 1.82) is 0 Å². The quantitative estimate of drug-likeness (QED) is 0.616. The van der Waals surface area contributed by atoms with E-state index in [1.807, 2.05) is 12.3 Å². The van der Waals surface area contributed by atoms with Gasteiger partial charge in [-0.1, -0.05) is 38.1 Å². The van der Waals surface area contributed by atoms with Gasteiger partial charge in [0.25, 0.3) is 0 Å². The molecule has 3 heteroatoms. The molecule has 0 amide bonds. The molecule has 3 nitrogen and oxygen atoms in total. The van der Waals surface area contributed by atoms with E-state index >= 15 is 0 Å². The van der Waals surface area contributed by atoms with Gasteiger partial charge >= 0.3 is 0 Å². The first kappa shape index (κ1) is 15.9. The summed E-state index contributed by atoms with van der Waals surface area (Å²) in [5.41, 5.74) is 5.41. The Hall–Kier alpha value is -2.55. The lowest BCUT2D eigenvalue weighted by atomic mass is 9.82. The molecular weight excluding hydrogens is 308 g/mol. The number of hydrogen-bond donors (Lipinski definition) is 0. The zero-order valence-electron chi connectivity index (χ0n) is 15.5. The van der Waals surface area contributed by atoms with Crippen molar-refractivity contribution in [3.63, 3.8) is 0 Å². The van der Waals surface area contributed by atoms with Crippen LogP contribution in [-0.2, 0) is 5.54 Å². The van der Waals surface area contributed by atoms with Gasteiger partial charge in [0.15, 0.2) is 0 Å². The first-order valence-electron chi connectivity index (χ1n) is 8.82. The fraction of sp³-hybridized carbons (Fsp3) is 0.318. The molecule has 0 saturated heterocycles. The highest BCUT2D eigenvalue weighted by molar-refractivity contribution is 6.06. The van der Waals surface area contributed by atoms with Crippen molar-refractivity contribution >= 4 is 21.9 Å². The zero-order chi connectivity index (χ0) is 17.8. The van der Waals surface area contributed by atoms with Crippen LogP contribution in [0.2, 0.25) is 0 Å². The molecule has 0 N–H and O–H groups in total. The molecule has 25 heavy (non-hydrogen) atoms. The molecule has 128 valence electrons. The van der Waals surface area contributed by atoms with Gasteiger partial charge in [0.05, 0.1) is 5.54 Å². The van der Waals surface area contributed by atoms with Crippen molar-refractivity contribution in [3.8, 4) is 0 Å². The number of hydrogen-bond acceptors (Lipinski definition) is 3. The predicted molar refractivity (Wildman–Crippen MR) is 103 cm³/mol. The van der Waals surface area contributed by atoms with Crippen LogP contribution in [0.15, 0.2) is 58.9 Å². The number of furan rings is 1. The average Bonchev–Trinajstić information content (AvgIpc) is 2.95.